The van der Waals surface area contributed by atoms with Crippen LogP contribution >= 0.6 is 10.7 Å². The molecule has 1 aliphatic carbocycles. The van der Waals surface area contributed by atoms with E-state index in [1.165, 1.54) is 31.2 Å². The summed E-state index contributed by atoms with van der Waals surface area (Å²) in [6.45, 7) is 2.84. The number of halogens is 1. The first kappa shape index (κ1) is 12.6. The number of ether oxygens (including phenoxy) is 1. The highest BCUT2D eigenvalue weighted by atomic mass is 35.7. The van der Waals surface area contributed by atoms with Gasteiger partial charge in [0.2, 0.25) is 5.88 Å². The third-order valence-electron chi connectivity index (χ3n) is 3.23. The zero-order valence-corrected chi connectivity index (χ0v) is 11.0. The lowest BCUT2D eigenvalue weighted by molar-refractivity contribution is 0.113. The highest BCUT2D eigenvalue weighted by Gasteiger charge is 2.27. The summed E-state index contributed by atoms with van der Waals surface area (Å²) in [6, 6.07) is 2.92. The smallest absolute Gasteiger partial charge is 0.262 e. The molecule has 4 nitrogen and oxygen atoms in total. The van der Waals surface area contributed by atoms with Crippen LogP contribution in [0.5, 0.6) is 5.88 Å². The van der Waals surface area contributed by atoms with Crippen LogP contribution < -0.4 is 4.74 Å². The van der Waals surface area contributed by atoms with Gasteiger partial charge in [0, 0.05) is 16.7 Å². The topological polar surface area (TPSA) is 56.3 Å². The van der Waals surface area contributed by atoms with Crippen molar-refractivity contribution in [1.29, 1.82) is 0 Å². The maximum absolute atomic E-state index is 11.0. The van der Waals surface area contributed by atoms with Gasteiger partial charge in [-0.3, -0.25) is 0 Å². The van der Waals surface area contributed by atoms with Crippen LogP contribution in [0, 0.1) is 11.8 Å². The molecule has 0 bridgehead atoms. The van der Waals surface area contributed by atoms with Crippen molar-refractivity contribution in [3.63, 3.8) is 0 Å². The third-order valence-corrected chi connectivity index (χ3v) is 4.57. The van der Waals surface area contributed by atoms with Crippen LogP contribution in [-0.4, -0.2) is 20.0 Å². The molecule has 1 aliphatic rings. The second kappa shape index (κ2) is 4.82. The van der Waals surface area contributed by atoms with Gasteiger partial charge in [-0.05, 0) is 30.7 Å². The average molecular weight is 276 g/mol. The zero-order valence-electron chi connectivity index (χ0n) is 9.47. The van der Waals surface area contributed by atoms with E-state index in [0.29, 0.717) is 24.3 Å². The predicted octanol–water partition coefficient (Wildman–Crippen LogP) is 2.43. The lowest BCUT2D eigenvalue weighted by Gasteiger charge is -2.33. The lowest BCUT2D eigenvalue weighted by atomic mass is 9.75. The summed E-state index contributed by atoms with van der Waals surface area (Å²) in [5.41, 5.74) is 0. The molecule has 94 valence electrons. The molecular formula is C11H14ClNO3S. The van der Waals surface area contributed by atoms with Gasteiger partial charge in [-0.15, -0.1) is 0 Å². The van der Waals surface area contributed by atoms with Crippen molar-refractivity contribution in [2.75, 3.05) is 6.61 Å². The molecule has 0 saturated heterocycles. The molecule has 1 saturated carbocycles. The number of rotatable bonds is 4. The van der Waals surface area contributed by atoms with Gasteiger partial charge in [-0.1, -0.05) is 6.92 Å². The first-order valence-corrected chi connectivity index (χ1v) is 7.81. The van der Waals surface area contributed by atoms with Gasteiger partial charge in [0.1, 0.15) is 4.90 Å². The van der Waals surface area contributed by atoms with Crippen molar-refractivity contribution in [1.82, 2.24) is 4.98 Å². The van der Waals surface area contributed by atoms with Crippen molar-refractivity contribution in [2.24, 2.45) is 11.8 Å². The van der Waals surface area contributed by atoms with Crippen LogP contribution in [0.2, 0.25) is 0 Å². The Bertz CT molecular complexity index is 486. The van der Waals surface area contributed by atoms with E-state index in [0.717, 1.165) is 0 Å². The molecule has 1 fully saturated rings. The van der Waals surface area contributed by atoms with E-state index >= 15 is 0 Å². The molecule has 0 aromatic carbocycles. The van der Waals surface area contributed by atoms with E-state index in [-0.39, 0.29) is 4.90 Å². The second-order valence-corrected chi connectivity index (χ2v) is 6.96. The number of hydrogen-bond acceptors (Lipinski definition) is 4. The van der Waals surface area contributed by atoms with Gasteiger partial charge in [0.25, 0.3) is 9.05 Å². The average Bonchev–Trinajstić information content (AvgIpc) is 2.27. The SMILES string of the molecule is C[C@@H]1CC[C@@H]1COc1ccc(S(=O)(=O)Cl)cn1. The fourth-order valence-electron chi connectivity index (χ4n) is 1.77. The molecule has 2 atom stereocenters. The minimum Gasteiger partial charge on any atom is -0.477 e. The minimum atomic E-state index is -3.70. The van der Waals surface area contributed by atoms with Crippen LogP contribution in [0.4, 0.5) is 0 Å². The Morgan fingerprint density at radius 1 is 1.47 bits per heavy atom. The summed E-state index contributed by atoms with van der Waals surface area (Å²) in [7, 11) is 1.48. The summed E-state index contributed by atoms with van der Waals surface area (Å²) in [4.78, 5) is 3.90. The standard InChI is InChI=1S/C11H14ClNO3S/c1-8-2-3-9(8)7-16-11-5-4-10(6-13-11)17(12,14)15/h4-6,8-9H,2-3,7H2,1H3/t8-,9-/m1/s1. The zero-order chi connectivity index (χ0) is 12.5. The largest absolute Gasteiger partial charge is 0.477 e. The van der Waals surface area contributed by atoms with Gasteiger partial charge in [0.05, 0.1) is 12.8 Å². The molecule has 0 amide bonds. The van der Waals surface area contributed by atoms with Crippen LogP contribution in [0.1, 0.15) is 19.8 Å². The van der Waals surface area contributed by atoms with Gasteiger partial charge < -0.3 is 4.74 Å². The second-order valence-electron chi connectivity index (χ2n) is 4.40. The summed E-state index contributed by atoms with van der Waals surface area (Å²) >= 11 is 0. The molecule has 0 aliphatic heterocycles. The Balaban J connectivity index is 1.94. The minimum absolute atomic E-state index is 0.0106. The molecule has 0 N–H and O–H groups in total. The van der Waals surface area contributed by atoms with Crippen LogP contribution in [0.15, 0.2) is 23.2 Å². The summed E-state index contributed by atoms with van der Waals surface area (Å²) in [6.07, 6.45) is 3.65. The van der Waals surface area contributed by atoms with Crippen molar-refractivity contribution >= 4 is 19.7 Å². The molecule has 1 aromatic rings. The Morgan fingerprint density at radius 3 is 2.65 bits per heavy atom. The van der Waals surface area contributed by atoms with Gasteiger partial charge >= 0.3 is 0 Å². The molecule has 2 rings (SSSR count). The third kappa shape index (κ3) is 3.10. The molecular weight excluding hydrogens is 262 g/mol. The monoisotopic (exact) mass is 275 g/mol. The van der Waals surface area contributed by atoms with Gasteiger partial charge in [-0.2, -0.15) is 0 Å². The Hall–Kier alpha value is -0.810. The maximum Gasteiger partial charge on any atom is 0.262 e. The number of hydrogen-bond donors (Lipinski definition) is 0. The van der Waals surface area contributed by atoms with E-state index in [1.54, 1.807) is 0 Å². The first-order chi connectivity index (χ1) is 7.97. The molecule has 1 heterocycles. The highest BCUT2D eigenvalue weighted by Crippen LogP contribution is 2.33. The molecule has 17 heavy (non-hydrogen) atoms. The normalized spacial score (nSPS) is 24.1. The van der Waals surface area contributed by atoms with E-state index < -0.39 is 9.05 Å². The molecule has 0 unspecified atom stereocenters. The first-order valence-electron chi connectivity index (χ1n) is 5.50. The summed E-state index contributed by atoms with van der Waals surface area (Å²) < 4.78 is 27.5. The van der Waals surface area contributed by atoms with E-state index in [4.69, 9.17) is 15.4 Å². The van der Waals surface area contributed by atoms with Crippen molar-refractivity contribution in [2.45, 2.75) is 24.7 Å². The molecule has 0 radical (unpaired) electrons. The Morgan fingerprint density at radius 2 is 2.24 bits per heavy atom. The van der Waals surface area contributed by atoms with Crippen molar-refractivity contribution in [3.05, 3.63) is 18.3 Å². The van der Waals surface area contributed by atoms with Crippen molar-refractivity contribution < 1.29 is 13.2 Å². The van der Waals surface area contributed by atoms with Gasteiger partial charge in [0.15, 0.2) is 0 Å². The van der Waals surface area contributed by atoms with Crippen LogP contribution in [0.3, 0.4) is 0 Å². The molecule has 1 aromatic heterocycles. The van der Waals surface area contributed by atoms with E-state index in [1.807, 2.05) is 0 Å². The number of aromatic nitrogens is 1. The van der Waals surface area contributed by atoms with Gasteiger partial charge in [-0.25, -0.2) is 13.4 Å². The van der Waals surface area contributed by atoms with Crippen LogP contribution in [0.25, 0.3) is 0 Å². The lowest BCUT2D eigenvalue weighted by Crippen LogP contribution is -2.28. The predicted molar refractivity (Wildman–Crippen MR) is 64.7 cm³/mol. The highest BCUT2D eigenvalue weighted by molar-refractivity contribution is 8.13. The Labute approximate surface area is 105 Å². The van der Waals surface area contributed by atoms with Crippen molar-refractivity contribution in [3.8, 4) is 5.88 Å². The molecule has 6 heteroatoms. The summed E-state index contributed by atoms with van der Waals surface area (Å²) in [5.74, 6) is 1.74. The maximum atomic E-state index is 11.0. The fraction of sp³-hybridized carbons (Fsp3) is 0.545. The quantitative estimate of drug-likeness (QED) is 0.792. The van der Waals surface area contributed by atoms with Crippen LogP contribution in [-0.2, 0) is 9.05 Å². The van der Waals surface area contributed by atoms with E-state index in [9.17, 15) is 8.42 Å². The van der Waals surface area contributed by atoms with E-state index in [2.05, 4.69) is 11.9 Å². The number of nitrogens with zero attached hydrogens (tertiary/aromatic N) is 1. The Kier molecular flexibility index (Phi) is 3.58. The fourth-order valence-corrected chi connectivity index (χ4v) is 2.46. The number of pyridine rings is 1. The summed E-state index contributed by atoms with van der Waals surface area (Å²) in [5, 5.41) is 0. The molecule has 0 spiro atoms.